The smallest absolute Gasteiger partial charge is 0.122 e. The minimum atomic E-state index is -1.67. The van der Waals surface area contributed by atoms with Crippen molar-refractivity contribution in [2.45, 2.75) is 38.3 Å². The molecule has 0 fully saturated rings. The van der Waals surface area contributed by atoms with Crippen molar-refractivity contribution in [1.82, 2.24) is 0 Å². The van der Waals surface area contributed by atoms with Gasteiger partial charge in [-0.25, -0.2) is 0 Å². The van der Waals surface area contributed by atoms with Crippen LogP contribution in [0.3, 0.4) is 0 Å². The van der Waals surface area contributed by atoms with E-state index in [0.717, 1.165) is 6.29 Å². The topological polar surface area (TPSA) is 138 Å². The largest absolute Gasteiger partial charge is 0.394 e. The summed E-state index contributed by atoms with van der Waals surface area (Å²) in [6.07, 6.45) is -5.48. The maximum Gasteiger partial charge on any atom is 0.122 e. The molecule has 0 saturated carbocycles. The Balaban J connectivity index is 0. The van der Waals surface area contributed by atoms with Crippen LogP contribution in [0, 0.1) is 5.92 Å². The van der Waals surface area contributed by atoms with E-state index in [9.17, 15) is 4.79 Å². The van der Waals surface area contributed by atoms with Crippen LogP contribution in [0.25, 0.3) is 0 Å². The molecular formula is C10H22O7. The first-order chi connectivity index (χ1) is 7.81. The van der Waals surface area contributed by atoms with Crippen LogP contribution in [-0.4, -0.2) is 74.6 Å². The lowest BCUT2D eigenvalue weighted by Gasteiger charge is -2.24. The van der Waals surface area contributed by atoms with Crippen LogP contribution in [-0.2, 0) is 4.79 Å². The fourth-order valence-electron chi connectivity index (χ4n) is 0.671. The second kappa shape index (κ2) is 10.6. The molecule has 0 aliphatic rings. The van der Waals surface area contributed by atoms with Gasteiger partial charge in [0, 0.05) is 5.92 Å². The van der Waals surface area contributed by atoms with Gasteiger partial charge >= 0.3 is 0 Å². The highest BCUT2D eigenvalue weighted by molar-refractivity contribution is 5.51. The zero-order chi connectivity index (χ0) is 14.0. The van der Waals surface area contributed by atoms with E-state index in [-0.39, 0.29) is 5.92 Å². The predicted octanol–water partition coefficient (Wildman–Crippen LogP) is -2.74. The predicted molar refractivity (Wildman–Crippen MR) is 59.1 cm³/mol. The summed E-state index contributed by atoms with van der Waals surface area (Å²) in [5.74, 6) is 0.204. The minimum Gasteiger partial charge on any atom is -0.394 e. The van der Waals surface area contributed by atoms with Gasteiger partial charge in [0.15, 0.2) is 0 Å². The molecule has 6 N–H and O–H groups in total. The lowest BCUT2D eigenvalue weighted by Crippen LogP contribution is -2.46. The molecule has 0 aromatic carbocycles. The standard InChI is InChI=1S/C6H14O6.C4H8O/c7-1-3(9)5(11)6(12)4(10)2-8;1-4(2)3-5/h3-12H,1-2H2;3-4H,1-2H3/t3-,4+,5-,6-;/m1./s1. The highest BCUT2D eigenvalue weighted by atomic mass is 16.4. The van der Waals surface area contributed by atoms with E-state index in [1.54, 1.807) is 0 Å². The van der Waals surface area contributed by atoms with Crippen molar-refractivity contribution in [3.8, 4) is 0 Å². The number of aliphatic hydroxyl groups is 6. The van der Waals surface area contributed by atoms with Crippen LogP contribution in [0.15, 0.2) is 0 Å². The summed E-state index contributed by atoms with van der Waals surface area (Å²) in [7, 11) is 0. The summed E-state index contributed by atoms with van der Waals surface area (Å²) in [6, 6.07) is 0. The van der Waals surface area contributed by atoms with Crippen LogP contribution < -0.4 is 0 Å². The van der Waals surface area contributed by atoms with Crippen molar-refractivity contribution in [3.63, 3.8) is 0 Å². The second-order valence-electron chi connectivity index (χ2n) is 3.86. The Morgan fingerprint density at radius 1 is 0.882 bits per heavy atom. The molecule has 0 amide bonds. The van der Waals surface area contributed by atoms with Gasteiger partial charge in [-0.1, -0.05) is 13.8 Å². The minimum absolute atomic E-state index is 0.204. The Bertz CT molecular complexity index is 171. The first-order valence-electron chi connectivity index (χ1n) is 5.21. The van der Waals surface area contributed by atoms with E-state index in [0.29, 0.717) is 0 Å². The number of aldehydes is 1. The average molecular weight is 254 g/mol. The third-order valence-electron chi connectivity index (χ3n) is 1.78. The Morgan fingerprint density at radius 2 is 1.12 bits per heavy atom. The molecule has 0 spiro atoms. The van der Waals surface area contributed by atoms with E-state index in [1.165, 1.54) is 0 Å². The monoisotopic (exact) mass is 254 g/mol. The first-order valence-corrected chi connectivity index (χ1v) is 5.21. The Morgan fingerprint density at radius 3 is 1.24 bits per heavy atom. The summed E-state index contributed by atoms with van der Waals surface area (Å²) < 4.78 is 0. The van der Waals surface area contributed by atoms with Crippen LogP contribution in [0.2, 0.25) is 0 Å². The van der Waals surface area contributed by atoms with E-state index >= 15 is 0 Å². The van der Waals surface area contributed by atoms with Crippen molar-refractivity contribution < 1.29 is 35.4 Å². The molecule has 104 valence electrons. The molecule has 0 heterocycles. The summed E-state index contributed by atoms with van der Waals surface area (Å²) in [5.41, 5.74) is 0. The maximum absolute atomic E-state index is 9.50. The molecule has 7 nitrogen and oxygen atoms in total. The highest BCUT2D eigenvalue weighted by Gasteiger charge is 2.29. The molecule has 0 rings (SSSR count). The van der Waals surface area contributed by atoms with Gasteiger partial charge in [-0.3, -0.25) is 0 Å². The van der Waals surface area contributed by atoms with Gasteiger partial charge in [0.2, 0.25) is 0 Å². The molecule has 0 aromatic rings. The number of hydrogen-bond acceptors (Lipinski definition) is 7. The fourth-order valence-corrected chi connectivity index (χ4v) is 0.671. The van der Waals surface area contributed by atoms with Crippen molar-refractivity contribution in [3.05, 3.63) is 0 Å². The normalized spacial score (nSPS) is 17.7. The summed E-state index contributed by atoms with van der Waals surface area (Å²) in [5, 5.41) is 52.2. The lowest BCUT2D eigenvalue weighted by atomic mass is 10.0. The molecule has 0 saturated heterocycles. The van der Waals surface area contributed by atoms with E-state index in [2.05, 4.69) is 0 Å². The summed E-state index contributed by atoms with van der Waals surface area (Å²) >= 11 is 0. The molecule has 7 heteroatoms. The van der Waals surface area contributed by atoms with E-state index < -0.39 is 37.6 Å². The first kappa shape index (κ1) is 18.8. The molecule has 0 aliphatic heterocycles. The number of hydrogen-bond donors (Lipinski definition) is 6. The molecule has 0 aromatic heterocycles. The van der Waals surface area contributed by atoms with Gasteiger partial charge in [-0.2, -0.15) is 0 Å². The fraction of sp³-hybridized carbons (Fsp3) is 0.900. The van der Waals surface area contributed by atoms with Crippen LogP contribution >= 0.6 is 0 Å². The molecule has 0 bridgehead atoms. The van der Waals surface area contributed by atoms with Gasteiger partial charge in [0.25, 0.3) is 0 Å². The molecule has 0 radical (unpaired) electrons. The summed E-state index contributed by atoms with van der Waals surface area (Å²) in [6.45, 7) is 2.26. The Kier molecular flexibility index (Phi) is 11.7. The molecule has 17 heavy (non-hydrogen) atoms. The number of aliphatic hydroxyl groups excluding tert-OH is 6. The van der Waals surface area contributed by atoms with Crippen LogP contribution in [0.1, 0.15) is 13.8 Å². The SMILES string of the molecule is CC(C)C=O.OC[C@@H](O)[C@@H](O)[C@H](O)[C@@H](O)CO. The van der Waals surface area contributed by atoms with E-state index in [1.807, 2.05) is 13.8 Å². The quantitative estimate of drug-likeness (QED) is 0.283. The number of carbonyl (C=O) groups is 1. The Hall–Kier alpha value is -0.570. The van der Waals surface area contributed by atoms with Gasteiger partial charge < -0.3 is 35.4 Å². The lowest BCUT2D eigenvalue weighted by molar-refractivity contribution is -0.123. The molecule has 0 unspecified atom stereocenters. The number of rotatable bonds is 6. The summed E-state index contributed by atoms with van der Waals surface area (Å²) in [4.78, 5) is 9.50. The zero-order valence-electron chi connectivity index (χ0n) is 9.97. The van der Waals surface area contributed by atoms with E-state index in [4.69, 9.17) is 30.6 Å². The average Bonchev–Trinajstić information content (AvgIpc) is 2.35. The van der Waals surface area contributed by atoms with Crippen molar-refractivity contribution in [2.24, 2.45) is 5.92 Å². The van der Waals surface area contributed by atoms with Crippen molar-refractivity contribution in [2.75, 3.05) is 13.2 Å². The third kappa shape index (κ3) is 9.16. The van der Waals surface area contributed by atoms with Crippen molar-refractivity contribution >= 4 is 6.29 Å². The molecule has 0 aliphatic carbocycles. The molecular weight excluding hydrogens is 232 g/mol. The van der Waals surface area contributed by atoms with Gasteiger partial charge in [0.05, 0.1) is 13.2 Å². The number of carbonyl (C=O) groups excluding carboxylic acids is 1. The van der Waals surface area contributed by atoms with Gasteiger partial charge in [0.1, 0.15) is 30.7 Å². The van der Waals surface area contributed by atoms with Crippen LogP contribution in [0.5, 0.6) is 0 Å². The second-order valence-corrected chi connectivity index (χ2v) is 3.86. The Labute approximate surface area is 100.0 Å². The van der Waals surface area contributed by atoms with Crippen molar-refractivity contribution in [1.29, 1.82) is 0 Å². The third-order valence-corrected chi connectivity index (χ3v) is 1.78. The van der Waals surface area contributed by atoms with Gasteiger partial charge in [-0.05, 0) is 0 Å². The maximum atomic E-state index is 9.50. The van der Waals surface area contributed by atoms with Gasteiger partial charge in [-0.15, -0.1) is 0 Å². The van der Waals surface area contributed by atoms with Crippen LogP contribution in [0.4, 0.5) is 0 Å². The molecule has 4 atom stereocenters. The highest BCUT2D eigenvalue weighted by Crippen LogP contribution is 2.03. The zero-order valence-corrected chi connectivity index (χ0v) is 9.97.